The number of carbonyl (C=O) groups is 3. The van der Waals surface area contributed by atoms with Crippen molar-refractivity contribution in [1.82, 2.24) is 5.32 Å². The number of para-hydroxylation sites is 1. The Bertz CT molecular complexity index is 842. The zero-order chi connectivity index (χ0) is 19.2. The van der Waals surface area contributed by atoms with Crippen LogP contribution in [0.4, 0.5) is 5.69 Å². The van der Waals surface area contributed by atoms with E-state index in [0.717, 1.165) is 24.0 Å². The minimum atomic E-state index is -0.487. The number of carbonyl (C=O) groups excluding carboxylic acids is 3. The maximum absolute atomic E-state index is 12.2. The Hall–Kier alpha value is -3.15. The summed E-state index contributed by atoms with van der Waals surface area (Å²) >= 11 is 0. The molecule has 6 nitrogen and oxygen atoms in total. The fraction of sp³-hybridized carbons (Fsp3) is 0.286. The molecule has 0 aromatic heterocycles. The summed E-state index contributed by atoms with van der Waals surface area (Å²) in [6, 6.07) is 14.5. The molecule has 1 aliphatic carbocycles. The second kappa shape index (κ2) is 8.49. The molecule has 2 amide bonds. The topological polar surface area (TPSA) is 84.5 Å². The van der Waals surface area contributed by atoms with E-state index < -0.39 is 18.5 Å². The Labute approximate surface area is 157 Å². The number of aryl methyl sites for hydroxylation is 1. The molecule has 2 aromatic rings. The maximum Gasteiger partial charge on any atom is 0.310 e. The third kappa shape index (κ3) is 5.67. The van der Waals surface area contributed by atoms with Crippen LogP contribution < -0.4 is 10.6 Å². The van der Waals surface area contributed by atoms with E-state index in [1.807, 2.05) is 31.2 Å². The molecule has 2 N–H and O–H groups in total. The van der Waals surface area contributed by atoms with Crippen molar-refractivity contribution in [2.75, 3.05) is 11.9 Å². The molecule has 0 aliphatic heterocycles. The van der Waals surface area contributed by atoms with Gasteiger partial charge in [0.2, 0.25) is 0 Å². The second-order valence-corrected chi connectivity index (χ2v) is 6.66. The minimum absolute atomic E-state index is 0.105. The summed E-state index contributed by atoms with van der Waals surface area (Å²) in [5.74, 6) is -1.18. The Morgan fingerprint density at radius 2 is 1.74 bits per heavy atom. The van der Waals surface area contributed by atoms with Crippen LogP contribution >= 0.6 is 0 Å². The molecular formula is C21H22N2O4. The Morgan fingerprint density at radius 3 is 2.44 bits per heavy atom. The lowest BCUT2D eigenvalue weighted by Crippen LogP contribution is -2.28. The molecule has 1 saturated carbocycles. The predicted octanol–water partition coefficient (Wildman–Crippen LogP) is 2.61. The van der Waals surface area contributed by atoms with Gasteiger partial charge in [0.25, 0.3) is 11.8 Å². The van der Waals surface area contributed by atoms with Gasteiger partial charge in [-0.25, -0.2) is 0 Å². The number of nitrogens with one attached hydrogen (secondary N) is 2. The quantitative estimate of drug-likeness (QED) is 0.738. The standard InChI is InChI=1S/C21H22N2O4/c1-14-6-8-15(9-7-14)12-20(25)27-13-19(24)23-18-5-3-2-4-17(18)21(26)22-16-10-11-16/h2-9,16H,10-13H2,1H3,(H,22,26)(H,23,24). The van der Waals surface area contributed by atoms with E-state index >= 15 is 0 Å². The monoisotopic (exact) mass is 366 g/mol. The van der Waals surface area contributed by atoms with Gasteiger partial charge in [0.1, 0.15) is 0 Å². The summed E-state index contributed by atoms with van der Waals surface area (Å²) in [6.07, 6.45) is 2.07. The van der Waals surface area contributed by atoms with Crippen molar-refractivity contribution in [3.05, 3.63) is 65.2 Å². The first-order valence-corrected chi connectivity index (χ1v) is 8.92. The van der Waals surface area contributed by atoms with E-state index in [-0.39, 0.29) is 18.4 Å². The van der Waals surface area contributed by atoms with Gasteiger partial charge in [-0.1, -0.05) is 42.0 Å². The molecule has 2 aromatic carbocycles. The third-order valence-electron chi connectivity index (χ3n) is 4.19. The van der Waals surface area contributed by atoms with Gasteiger partial charge < -0.3 is 15.4 Å². The van der Waals surface area contributed by atoms with E-state index in [1.54, 1.807) is 24.3 Å². The lowest BCUT2D eigenvalue weighted by atomic mass is 10.1. The zero-order valence-corrected chi connectivity index (χ0v) is 15.2. The van der Waals surface area contributed by atoms with Crippen LogP contribution in [-0.2, 0) is 20.7 Å². The van der Waals surface area contributed by atoms with E-state index in [1.165, 1.54) is 0 Å². The van der Waals surface area contributed by atoms with Gasteiger partial charge in [0.05, 0.1) is 17.7 Å². The van der Waals surface area contributed by atoms with Crippen molar-refractivity contribution in [3.63, 3.8) is 0 Å². The molecule has 0 spiro atoms. The number of hydrogen-bond acceptors (Lipinski definition) is 4. The summed E-state index contributed by atoms with van der Waals surface area (Å²) in [5, 5.41) is 5.52. The minimum Gasteiger partial charge on any atom is -0.455 e. The number of anilines is 1. The summed E-state index contributed by atoms with van der Waals surface area (Å²) < 4.78 is 5.03. The van der Waals surface area contributed by atoms with Gasteiger partial charge >= 0.3 is 5.97 Å². The van der Waals surface area contributed by atoms with Crippen LogP contribution in [0.2, 0.25) is 0 Å². The van der Waals surface area contributed by atoms with Crippen LogP contribution in [-0.4, -0.2) is 30.4 Å². The molecule has 27 heavy (non-hydrogen) atoms. The molecule has 0 radical (unpaired) electrons. The van der Waals surface area contributed by atoms with Crippen LogP contribution in [0, 0.1) is 6.92 Å². The molecule has 0 unspecified atom stereocenters. The average molecular weight is 366 g/mol. The number of esters is 1. The lowest BCUT2D eigenvalue weighted by Gasteiger charge is -2.11. The SMILES string of the molecule is Cc1ccc(CC(=O)OCC(=O)Nc2ccccc2C(=O)NC2CC2)cc1. The van der Waals surface area contributed by atoms with Crippen LogP contribution in [0.15, 0.2) is 48.5 Å². The molecule has 0 saturated heterocycles. The summed E-state index contributed by atoms with van der Waals surface area (Å²) in [6.45, 7) is 1.57. The molecule has 3 rings (SSSR count). The molecule has 0 heterocycles. The van der Waals surface area contributed by atoms with Gasteiger partial charge in [-0.15, -0.1) is 0 Å². The number of hydrogen-bond donors (Lipinski definition) is 2. The number of ether oxygens (including phenoxy) is 1. The Balaban J connectivity index is 1.51. The first-order chi connectivity index (χ1) is 13.0. The first-order valence-electron chi connectivity index (χ1n) is 8.92. The van der Waals surface area contributed by atoms with E-state index in [0.29, 0.717) is 11.3 Å². The fourth-order valence-corrected chi connectivity index (χ4v) is 2.54. The van der Waals surface area contributed by atoms with Crippen molar-refractivity contribution in [2.45, 2.75) is 32.2 Å². The van der Waals surface area contributed by atoms with Gasteiger partial charge in [0, 0.05) is 6.04 Å². The van der Waals surface area contributed by atoms with E-state index in [4.69, 9.17) is 4.74 Å². The van der Waals surface area contributed by atoms with Crippen LogP contribution in [0.25, 0.3) is 0 Å². The van der Waals surface area contributed by atoms with Gasteiger partial charge in [0.15, 0.2) is 6.61 Å². The molecule has 1 fully saturated rings. The highest BCUT2D eigenvalue weighted by Crippen LogP contribution is 2.21. The van der Waals surface area contributed by atoms with E-state index in [9.17, 15) is 14.4 Å². The zero-order valence-electron chi connectivity index (χ0n) is 15.2. The normalized spacial score (nSPS) is 12.9. The number of benzene rings is 2. The summed E-state index contributed by atoms with van der Waals surface area (Å²) in [4.78, 5) is 36.2. The predicted molar refractivity (Wildman–Crippen MR) is 101 cm³/mol. The average Bonchev–Trinajstić information content (AvgIpc) is 3.46. The van der Waals surface area contributed by atoms with Crippen molar-refractivity contribution in [3.8, 4) is 0 Å². The molecular weight excluding hydrogens is 344 g/mol. The highest BCUT2D eigenvalue weighted by Gasteiger charge is 2.25. The highest BCUT2D eigenvalue weighted by atomic mass is 16.5. The van der Waals surface area contributed by atoms with Gasteiger partial charge in [-0.05, 0) is 37.5 Å². The van der Waals surface area contributed by atoms with E-state index in [2.05, 4.69) is 10.6 Å². The number of rotatable bonds is 7. The second-order valence-electron chi connectivity index (χ2n) is 6.66. The van der Waals surface area contributed by atoms with Crippen molar-refractivity contribution in [2.24, 2.45) is 0 Å². The largest absolute Gasteiger partial charge is 0.455 e. The van der Waals surface area contributed by atoms with Gasteiger partial charge in [-0.2, -0.15) is 0 Å². The molecule has 6 heteroatoms. The van der Waals surface area contributed by atoms with Crippen LogP contribution in [0.3, 0.4) is 0 Å². The van der Waals surface area contributed by atoms with Gasteiger partial charge in [-0.3, -0.25) is 14.4 Å². The third-order valence-corrected chi connectivity index (χ3v) is 4.19. The van der Waals surface area contributed by atoms with Crippen LogP contribution in [0.1, 0.15) is 34.3 Å². The molecule has 1 aliphatic rings. The summed E-state index contributed by atoms with van der Waals surface area (Å²) in [5.41, 5.74) is 2.72. The van der Waals surface area contributed by atoms with Crippen molar-refractivity contribution < 1.29 is 19.1 Å². The molecule has 140 valence electrons. The van der Waals surface area contributed by atoms with Crippen LogP contribution in [0.5, 0.6) is 0 Å². The first kappa shape index (κ1) is 18.6. The highest BCUT2D eigenvalue weighted by molar-refractivity contribution is 6.04. The van der Waals surface area contributed by atoms with Crippen molar-refractivity contribution >= 4 is 23.5 Å². The smallest absolute Gasteiger partial charge is 0.310 e. The summed E-state index contributed by atoms with van der Waals surface area (Å²) in [7, 11) is 0. The lowest BCUT2D eigenvalue weighted by molar-refractivity contribution is -0.146. The Morgan fingerprint density at radius 1 is 1.04 bits per heavy atom. The maximum atomic E-state index is 12.2. The molecule has 0 atom stereocenters. The number of amides is 2. The fourth-order valence-electron chi connectivity index (χ4n) is 2.54. The molecule has 0 bridgehead atoms. The van der Waals surface area contributed by atoms with Crippen molar-refractivity contribution in [1.29, 1.82) is 0 Å². The Kier molecular flexibility index (Phi) is 5.86.